The third-order valence-electron chi connectivity index (χ3n) is 2.03. The molecule has 2 aromatic rings. The molecule has 2 aromatic heterocycles. The van der Waals surface area contributed by atoms with Crippen LogP contribution in [0.5, 0.6) is 0 Å². The number of hydrogen-bond acceptors (Lipinski definition) is 5. The van der Waals surface area contributed by atoms with Gasteiger partial charge in [-0.2, -0.15) is 4.80 Å². The van der Waals surface area contributed by atoms with Gasteiger partial charge in [-0.1, -0.05) is 12.1 Å². The highest BCUT2D eigenvalue weighted by atomic mass is 127. The van der Waals surface area contributed by atoms with Crippen LogP contribution in [0, 0.1) is 3.70 Å². The highest BCUT2D eigenvalue weighted by molar-refractivity contribution is 14.1. The van der Waals surface area contributed by atoms with Crippen molar-refractivity contribution in [3.8, 4) is 0 Å². The van der Waals surface area contributed by atoms with Crippen molar-refractivity contribution in [2.24, 2.45) is 7.05 Å². The molecule has 2 rings (SSSR count). The van der Waals surface area contributed by atoms with Gasteiger partial charge in [0.25, 0.3) is 0 Å². The van der Waals surface area contributed by atoms with Gasteiger partial charge in [-0.05, 0) is 22.6 Å². The first-order valence-corrected chi connectivity index (χ1v) is 5.76. The number of carbonyl (C=O) groups excluding carboxylic acids is 1. The molecule has 0 amide bonds. The van der Waals surface area contributed by atoms with Crippen LogP contribution in [0.25, 0.3) is 0 Å². The van der Waals surface area contributed by atoms with Gasteiger partial charge in [0.15, 0.2) is 15.1 Å². The maximum Gasteiger partial charge on any atom is 0.237 e. The largest absolute Gasteiger partial charge is 0.361 e. The second-order valence-corrected chi connectivity index (χ2v) is 4.21. The van der Waals surface area contributed by atoms with Crippen molar-refractivity contribution in [1.82, 2.24) is 20.2 Å². The van der Waals surface area contributed by atoms with Crippen LogP contribution >= 0.6 is 22.6 Å². The van der Waals surface area contributed by atoms with Crippen molar-refractivity contribution < 1.29 is 9.32 Å². The molecule has 0 aliphatic heterocycles. The number of nitrogens with zero attached hydrogens (tertiary/aromatic N) is 4. The van der Waals surface area contributed by atoms with Crippen LogP contribution in [-0.2, 0) is 13.5 Å². The van der Waals surface area contributed by atoms with Crippen molar-refractivity contribution in [3.63, 3.8) is 0 Å². The number of ketones is 1. The quantitative estimate of drug-likeness (QED) is 0.624. The SMILES string of the molecule is CCc1cc(C(=O)c2nn(C)nc2I)no1. The molecule has 0 atom stereocenters. The van der Waals surface area contributed by atoms with Gasteiger partial charge in [-0.15, -0.1) is 10.2 Å². The van der Waals surface area contributed by atoms with Gasteiger partial charge in [-0.3, -0.25) is 4.79 Å². The number of rotatable bonds is 3. The lowest BCUT2D eigenvalue weighted by Crippen LogP contribution is -2.05. The minimum Gasteiger partial charge on any atom is -0.361 e. The van der Waals surface area contributed by atoms with E-state index in [4.69, 9.17) is 4.52 Å². The second kappa shape index (κ2) is 4.32. The smallest absolute Gasteiger partial charge is 0.237 e. The third kappa shape index (κ3) is 1.99. The Morgan fingerprint density at radius 1 is 1.56 bits per heavy atom. The summed E-state index contributed by atoms with van der Waals surface area (Å²) in [6, 6.07) is 1.63. The zero-order valence-electron chi connectivity index (χ0n) is 8.77. The van der Waals surface area contributed by atoms with Crippen molar-refractivity contribution in [1.29, 1.82) is 0 Å². The van der Waals surface area contributed by atoms with E-state index < -0.39 is 0 Å². The maximum absolute atomic E-state index is 12.0. The van der Waals surface area contributed by atoms with Crippen LogP contribution < -0.4 is 0 Å². The van der Waals surface area contributed by atoms with Gasteiger partial charge >= 0.3 is 0 Å². The highest BCUT2D eigenvalue weighted by Gasteiger charge is 2.21. The van der Waals surface area contributed by atoms with Crippen molar-refractivity contribution in [3.05, 3.63) is 26.9 Å². The van der Waals surface area contributed by atoms with Crippen LogP contribution in [0.2, 0.25) is 0 Å². The second-order valence-electron chi connectivity index (χ2n) is 3.19. The molecule has 0 spiro atoms. The summed E-state index contributed by atoms with van der Waals surface area (Å²) in [7, 11) is 1.67. The maximum atomic E-state index is 12.0. The number of halogens is 1. The zero-order chi connectivity index (χ0) is 11.7. The Bertz CT molecular complexity index is 531. The van der Waals surface area contributed by atoms with Crippen LogP contribution in [0.4, 0.5) is 0 Å². The summed E-state index contributed by atoms with van der Waals surface area (Å²) in [5.74, 6) is 0.420. The summed E-state index contributed by atoms with van der Waals surface area (Å²) >= 11 is 1.97. The lowest BCUT2D eigenvalue weighted by molar-refractivity contribution is 0.102. The summed E-state index contributed by atoms with van der Waals surface area (Å²) < 4.78 is 5.54. The van der Waals surface area contributed by atoms with E-state index in [0.29, 0.717) is 21.6 Å². The predicted octanol–water partition coefficient (Wildman–Crippen LogP) is 1.20. The van der Waals surface area contributed by atoms with Gasteiger partial charge in [0.2, 0.25) is 5.78 Å². The minimum absolute atomic E-state index is 0.263. The lowest BCUT2D eigenvalue weighted by Gasteiger charge is -1.88. The molecule has 0 saturated carbocycles. The Kier molecular flexibility index (Phi) is 3.03. The van der Waals surface area contributed by atoms with Crippen molar-refractivity contribution >= 4 is 28.4 Å². The molecule has 0 aromatic carbocycles. The summed E-state index contributed by atoms with van der Waals surface area (Å²) in [5, 5.41) is 11.7. The van der Waals surface area contributed by atoms with E-state index in [1.807, 2.05) is 29.5 Å². The van der Waals surface area contributed by atoms with Crippen LogP contribution in [0.15, 0.2) is 10.6 Å². The molecule has 0 bridgehead atoms. The average Bonchev–Trinajstić information content (AvgIpc) is 2.84. The molecule has 0 saturated heterocycles. The summed E-state index contributed by atoms with van der Waals surface area (Å²) in [4.78, 5) is 13.3. The Morgan fingerprint density at radius 2 is 2.31 bits per heavy atom. The molecule has 0 aliphatic carbocycles. The van der Waals surface area contributed by atoms with Crippen LogP contribution in [0.3, 0.4) is 0 Å². The highest BCUT2D eigenvalue weighted by Crippen LogP contribution is 2.13. The van der Waals surface area contributed by atoms with Crippen molar-refractivity contribution in [2.75, 3.05) is 0 Å². The summed E-state index contributed by atoms with van der Waals surface area (Å²) in [6.07, 6.45) is 0.706. The molecule has 2 heterocycles. The van der Waals surface area contributed by atoms with E-state index in [0.717, 1.165) is 0 Å². The summed E-state index contributed by atoms with van der Waals surface area (Å²) in [5.41, 5.74) is 0.578. The first-order valence-electron chi connectivity index (χ1n) is 4.69. The Labute approximate surface area is 105 Å². The molecular weight excluding hydrogens is 323 g/mol. The van der Waals surface area contributed by atoms with E-state index in [2.05, 4.69) is 15.4 Å². The normalized spacial score (nSPS) is 10.7. The Balaban J connectivity index is 2.35. The van der Waals surface area contributed by atoms with E-state index in [1.165, 1.54) is 4.80 Å². The standard InChI is InChI=1S/C9H9IN4O2/c1-3-5-4-6(13-16-5)8(15)7-9(10)12-14(2)11-7/h4H,3H2,1-2H3. The van der Waals surface area contributed by atoms with E-state index in [1.54, 1.807) is 13.1 Å². The van der Waals surface area contributed by atoms with Crippen LogP contribution in [0.1, 0.15) is 28.9 Å². The number of carbonyl (C=O) groups is 1. The molecule has 0 fully saturated rings. The van der Waals surface area contributed by atoms with Gasteiger partial charge < -0.3 is 4.52 Å². The predicted molar refractivity (Wildman–Crippen MR) is 63.0 cm³/mol. The molecule has 0 N–H and O–H groups in total. The fourth-order valence-corrected chi connectivity index (χ4v) is 1.89. The lowest BCUT2D eigenvalue weighted by atomic mass is 10.2. The van der Waals surface area contributed by atoms with Crippen molar-refractivity contribution in [2.45, 2.75) is 13.3 Å². The number of aromatic nitrogens is 4. The van der Waals surface area contributed by atoms with Crippen LogP contribution in [-0.4, -0.2) is 25.9 Å². The van der Waals surface area contributed by atoms with E-state index in [9.17, 15) is 4.79 Å². The zero-order valence-corrected chi connectivity index (χ0v) is 10.9. The molecule has 84 valence electrons. The molecule has 0 radical (unpaired) electrons. The van der Waals surface area contributed by atoms with E-state index >= 15 is 0 Å². The monoisotopic (exact) mass is 332 g/mol. The minimum atomic E-state index is -0.263. The Morgan fingerprint density at radius 3 is 2.81 bits per heavy atom. The number of aryl methyl sites for hydroxylation is 2. The number of hydrogen-bond donors (Lipinski definition) is 0. The van der Waals surface area contributed by atoms with E-state index in [-0.39, 0.29) is 11.5 Å². The Hall–Kier alpha value is -1.25. The molecule has 16 heavy (non-hydrogen) atoms. The molecule has 6 nitrogen and oxygen atoms in total. The first kappa shape index (κ1) is 11.2. The third-order valence-corrected chi connectivity index (χ3v) is 2.75. The average molecular weight is 332 g/mol. The summed E-state index contributed by atoms with van der Waals surface area (Å²) in [6.45, 7) is 1.93. The van der Waals surface area contributed by atoms with Gasteiger partial charge in [0, 0.05) is 19.5 Å². The molecule has 7 heteroatoms. The molecular formula is C9H9IN4O2. The molecule has 0 unspecified atom stereocenters. The molecule has 0 aliphatic rings. The topological polar surface area (TPSA) is 73.8 Å². The van der Waals surface area contributed by atoms with Gasteiger partial charge in [-0.25, -0.2) is 0 Å². The fourth-order valence-electron chi connectivity index (χ4n) is 1.23. The first-order chi connectivity index (χ1) is 7.61. The van der Waals surface area contributed by atoms with Gasteiger partial charge in [0.05, 0.1) is 0 Å². The van der Waals surface area contributed by atoms with Gasteiger partial charge in [0.1, 0.15) is 5.76 Å². The fraction of sp³-hybridized carbons (Fsp3) is 0.333.